The zero-order valence-electron chi connectivity index (χ0n) is 22.0. The molecule has 1 atom stereocenters. The fraction of sp³-hybridized carbons (Fsp3) is 0.567. The van der Waals surface area contributed by atoms with E-state index in [-0.39, 0.29) is 23.3 Å². The molecule has 0 bridgehead atoms. The average molecular weight is 505 g/mol. The van der Waals surface area contributed by atoms with Crippen molar-refractivity contribution in [2.75, 3.05) is 33.3 Å². The van der Waals surface area contributed by atoms with Crippen LogP contribution < -0.4 is 10.1 Å². The van der Waals surface area contributed by atoms with Gasteiger partial charge >= 0.3 is 0 Å². The van der Waals surface area contributed by atoms with Crippen molar-refractivity contribution in [1.29, 1.82) is 0 Å². The van der Waals surface area contributed by atoms with Crippen LogP contribution >= 0.6 is 0 Å². The van der Waals surface area contributed by atoms with Crippen LogP contribution in [0.2, 0.25) is 0 Å². The third-order valence-electron chi connectivity index (χ3n) is 8.77. The summed E-state index contributed by atoms with van der Waals surface area (Å²) in [5, 5.41) is 3.31. The van der Waals surface area contributed by atoms with E-state index in [1.165, 1.54) is 0 Å². The quantitative estimate of drug-likeness (QED) is 0.550. The summed E-state index contributed by atoms with van der Waals surface area (Å²) in [4.78, 5) is 35.4. The maximum Gasteiger partial charge on any atom is 0.229 e. The molecule has 3 heterocycles. The number of aromatic nitrogens is 1. The Hall–Kier alpha value is -2.93. The van der Waals surface area contributed by atoms with E-state index in [2.05, 4.69) is 15.2 Å². The van der Waals surface area contributed by atoms with E-state index < -0.39 is 0 Å². The molecule has 1 spiro atoms. The molecule has 1 unspecified atom stereocenters. The lowest BCUT2D eigenvalue weighted by Gasteiger charge is -2.38. The van der Waals surface area contributed by atoms with Gasteiger partial charge in [-0.1, -0.05) is 31.0 Å². The van der Waals surface area contributed by atoms with E-state index in [0.717, 1.165) is 94.6 Å². The molecule has 0 radical (unpaired) electrons. The Kier molecular flexibility index (Phi) is 8.08. The number of carbonyl (C=O) groups is 2. The maximum atomic E-state index is 13.4. The molecule has 1 N–H and O–H groups in total. The number of benzene rings is 1. The molecule has 7 nitrogen and oxygen atoms in total. The normalized spacial score (nSPS) is 20.9. The Labute approximate surface area is 220 Å². The molecule has 3 fully saturated rings. The smallest absolute Gasteiger partial charge is 0.229 e. The Bertz CT molecular complexity index is 1040. The molecular formula is C30H40N4O3. The Morgan fingerprint density at radius 1 is 1.08 bits per heavy atom. The summed E-state index contributed by atoms with van der Waals surface area (Å²) in [5.74, 6) is 1.48. The SMILES string of the molecule is COc1ccc(CN2CCC3(CCN(CCC(NC(=O)C4CCCC4)c4ccccn4)CC3)C2=O)cc1. The minimum atomic E-state index is -0.208. The number of methoxy groups -OCH3 is 1. The standard InChI is InChI=1S/C30H40N4O3/c1-37-25-11-9-23(10-12-25)22-34-21-16-30(29(34)36)14-19-33(20-15-30)18-13-27(26-8-4-5-17-31-26)32-28(35)24-6-2-3-7-24/h4-5,8-12,17,24,27H,2-3,6-7,13-16,18-22H2,1H3,(H,32,35). The number of amides is 2. The molecule has 198 valence electrons. The number of nitrogens with zero attached hydrogens (tertiary/aromatic N) is 3. The highest BCUT2D eigenvalue weighted by molar-refractivity contribution is 5.85. The van der Waals surface area contributed by atoms with Crippen LogP contribution in [0.1, 0.15) is 68.7 Å². The number of piperidine rings is 1. The van der Waals surface area contributed by atoms with Crippen molar-refractivity contribution in [1.82, 2.24) is 20.1 Å². The lowest BCUT2D eigenvalue weighted by molar-refractivity contribution is -0.139. The van der Waals surface area contributed by atoms with Crippen molar-refractivity contribution in [2.24, 2.45) is 11.3 Å². The van der Waals surface area contributed by atoms with Gasteiger partial charge in [0, 0.05) is 31.7 Å². The third-order valence-corrected chi connectivity index (χ3v) is 8.77. The Balaban J connectivity index is 1.14. The minimum absolute atomic E-state index is 0.0710. The first-order valence-electron chi connectivity index (χ1n) is 13.9. The predicted molar refractivity (Wildman–Crippen MR) is 143 cm³/mol. The second-order valence-electron chi connectivity index (χ2n) is 11.0. The van der Waals surface area contributed by atoms with Gasteiger partial charge in [-0.25, -0.2) is 0 Å². The molecule has 2 aliphatic heterocycles. The summed E-state index contributed by atoms with van der Waals surface area (Å²) in [6.07, 6.45) is 9.70. The number of likely N-dealkylation sites (tertiary alicyclic amines) is 2. The van der Waals surface area contributed by atoms with Gasteiger partial charge in [-0.3, -0.25) is 14.6 Å². The summed E-state index contributed by atoms with van der Waals surface area (Å²) < 4.78 is 5.25. The van der Waals surface area contributed by atoms with Crippen LogP contribution in [-0.4, -0.2) is 59.9 Å². The van der Waals surface area contributed by atoms with Crippen molar-refractivity contribution < 1.29 is 14.3 Å². The first-order chi connectivity index (χ1) is 18.1. The molecular weight excluding hydrogens is 464 g/mol. The number of hydrogen-bond acceptors (Lipinski definition) is 5. The molecule has 2 amide bonds. The number of hydrogen-bond donors (Lipinski definition) is 1. The highest BCUT2D eigenvalue weighted by atomic mass is 16.5. The summed E-state index contributed by atoms with van der Waals surface area (Å²) in [7, 11) is 1.67. The van der Waals surface area contributed by atoms with Crippen molar-refractivity contribution in [3.05, 3.63) is 59.9 Å². The zero-order valence-corrected chi connectivity index (χ0v) is 22.0. The van der Waals surface area contributed by atoms with Crippen LogP contribution in [0.25, 0.3) is 0 Å². The van der Waals surface area contributed by atoms with Crippen LogP contribution in [-0.2, 0) is 16.1 Å². The van der Waals surface area contributed by atoms with Crippen molar-refractivity contribution in [2.45, 2.75) is 64.0 Å². The van der Waals surface area contributed by atoms with Crippen molar-refractivity contribution in [3.8, 4) is 5.75 Å². The molecule has 5 rings (SSSR count). The van der Waals surface area contributed by atoms with E-state index in [1.54, 1.807) is 13.3 Å². The number of carbonyl (C=O) groups excluding carboxylic acids is 2. The molecule has 3 aliphatic rings. The first-order valence-corrected chi connectivity index (χ1v) is 13.9. The monoisotopic (exact) mass is 504 g/mol. The van der Waals surface area contributed by atoms with Crippen LogP contribution in [0, 0.1) is 11.3 Å². The number of pyridine rings is 1. The summed E-state index contributed by atoms with van der Waals surface area (Å²) in [6.45, 7) is 4.24. The lowest BCUT2D eigenvalue weighted by Crippen LogP contribution is -2.45. The van der Waals surface area contributed by atoms with Gasteiger partial charge in [-0.2, -0.15) is 0 Å². The topological polar surface area (TPSA) is 74.8 Å². The fourth-order valence-electron chi connectivity index (χ4n) is 6.33. The van der Waals surface area contributed by atoms with Gasteiger partial charge < -0.3 is 19.9 Å². The van der Waals surface area contributed by atoms with Gasteiger partial charge in [-0.15, -0.1) is 0 Å². The van der Waals surface area contributed by atoms with Crippen molar-refractivity contribution >= 4 is 11.8 Å². The molecule has 1 saturated carbocycles. The van der Waals surface area contributed by atoms with Crippen molar-refractivity contribution in [3.63, 3.8) is 0 Å². The molecule has 7 heteroatoms. The molecule has 37 heavy (non-hydrogen) atoms. The van der Waals surface area contributed by atoms with E-state index in [1.807, 2.05) is 47.4 Å². The highest BCUT2D eigenvalue weighted by Crippen LogP contribution is 2.42. The van der Waals surface area contributed by atoms with Gasteiger partial charge in [0.15, 0.2) is 0 Å². The minimum Gasteiger partial charge on any atom is -0.497 e. The molecule has 2 saturated heterocycles. The average Bonchev–Trinajstić information content (AvgIpc) is 3.58. The zero-order chi connectivity index (χ0) is 25.7. The summed E-state index contributed by atoms with van der Waals surface area (Å²) >= 11 is 0. The largest absolute Gasteiger partial charge is 0.497 e. The lowest BCUT2D eigenvalue weighted by atomic mass is 9.77. The summed E-state index contributed by atoms with van der Waals surface area (Å²) in [5.41, 5.74) is 1.87. The first kappa shape index (κ1) is 25.7. The van der Waals surface area contributed by atoms with Crippen LogP contribution in [0.5, 0.6) is 5.75 Å². The maximum absolute atomic E-state index is 13.4. The van der Waals surface area contributed by atoms with Gasteiger partial charge in [0.2, 0.25) is 11.8 Å². The van der Waals surface area contributed by atoms with E-state index in [4.69, 9.17) is 4.74 Å². The highest BCUT2D eigenvalue weighted by Gasteiger charge is 2.47. The fourth-order valence-corrected chi connectivity index (χ4v) is 6.33. The third kappa shape index (κ3) is 5.98. The Morgan fingerprint density at radius 3 is 2.49 bits per heavy atom. The predicted octanol–water partition coefficient (Wildman–Crippen LogP) is 4.34. The molecule has 2 aromatic rings. The molecule has 1 aromatic heterocycles. The number of nitrogens with one attached hydrogen (secondary N) is 1. The Morgan fingerprint density at radius 2 is 1.81 bits per heavy atom. The van der Waals surface area contributed by atoms with Gasteiger partial charge in [-0.05, 0) is 81.4 Å². The van der Waals surface area contributed by atoms with Crippen LogP contribution in [0.4, 0.5) is 0 Å². The van der Waals surface area contributed by atoms with E-state index in [0.29, 0.717) is 12.5 Å². The molecule has 1 aliphatic carbocycles. The second-order valence-corrected chi connectivity index (χ2v) is 11.0. The summed E-state index contributed by atoms with van der Waals surface area (Å²) in [6, 6.07) is 13.9. The van der Waals surface area contributed by atoms with Gasteiger partial charge in [0.05, 0.1) is 24.3 Å². The molecule has 1 aromatic carbocycles. The van der Waals surface area contributed by atoms with E-state index in [9.17, 15) is 9.59 Å². The van der Waals surface area contributed by atoms with E-state index >= 15 is 0 Å². The van der Waals surface area contributed by atoms with Gasteiger partial charge in [0.25, 0.3) is 0 Å². The van der Waals surface area contributed by atoms with Crippen LogP contribution in [0.3, 0.4) is 0 Å². The van der Waals surface area contributed by atoms with Gasteiger partial charge in [0.1, 0.15) is 5.75 Å². The number of rotatable bonds is 9. The second kappa shape index (κ2) is 11.6. The number of ether oxygens (including phenoxy) is 1. The van der Waals surface area contributed by atoms with Crippen LogP contribution in [0.15, 0.2) is 48.7 Å².